The van der Waals surface area contributed by atoms with Crippen LogP contribution in [0, 0.1) is 5.82 Å². The lowest BCUT2D eigenvalue weighted by molar-refractivity contribution is -0.188. The van der Waals surface area contributed by atoms with Crippen LogP contribution in [0.25, 0.3) is 0 Å². The highest BCUT2D eigenvalue weighted by molar-refractivity contribution is 5.24. The molecular weight excluding hydrogens is 377 g/mol. The summed E-state index contributed by atoms with van der Waals surface area (Å²) in [5.41, 5.74) is 3.07. The highest BCUT2D eigenvalue weighted by atomic mass is 19.1. The van der Waals surface area contributed by atoms with Crippen LogP contribution in [0.15, 0.2) is 84.9 Å². The van der Waals surface area contributed by atoms with Crippen LogP contribution in [-0.2, 0) is 16.0 Å². The highest BCUT2D eigenvalue weighted by Crippen LogP contribution is 2.45. The zero-order valence-corrected chi connectivity index (χ0v) is 16.9. The van der Waals surface area contributed by atoms with Crippen molar-refractivity contribution in [2.24, 2.45) is 0 Å². The van der Waals surface area contributed by atoms with E-state index in [4.69, 9.17) is 9.47 Å². The number of nitrogens with zero attached hydrogens (tertiary/aromatic N) is 1. The zero-order chi connectivity index (χ0) is 20.4. The fourth-order valence-electron chi connectivity index (χ4n) is 4.70. The molecule has 0 radical (unpaired) electrons. The Kier molecular flexibility index (Phi) is 5.38. The average molecular weight is 403 g/mol. The standard InChI is InChI=1S/C26H26FNO2/c27-23-13-11-21(12-14-23)24-18-30-26(28(24)17-20-7-3-1-4-8-20)16-15-25(29-19-26)22-9-5-2-6-10-22/h1-14,24-25H,15-19H2/t24-,25-,26?/m1/s1. The van der Waals surface area contributed by atoms with Crippen molar-refractivity contribution >= 4 is 0 Å². The van der Waals surface area contributed by atoms with Crippen LogP contribution in [0.3, 0.4) is 0 Å². The summed E-state index contributed by atoms with van der Waals surface area (Å²) in [5.74, 6) is -0.214. The van der Waals surface area contributed by atoms with E-state index in [-0.39, 0.29) is 18.0 Å². The van der Waals surface area contributed by atoms with Crippen LogP contribution in [-0.4, -0.2) is 23.8 Å². The second-order valence-electron chi connectivity index (χ2n) is 8.19. The van der Waals surface area contributed by atoms with E-state index < -0.39 is 5.72 Å². The van der Waals surface area contributed by atoms with Crippen molar-refractivity contribution in [1.82, 2.24) is 4.90 Å². The molecule has 2 fully saturated rings. The number of ether oxygens (including phenoxy) is 2. The predicted octanol–water partition coefficient (Wildman–Crippen LogP) is 5.65. The van der Waals surface area contributed by atoms with E-state index in [9.17, 15) is 4.39 Å². The number of benzene rings is 3. The Morgan fingerprint density at radius 1 is 0.867 bits per heavy atom. The van der Waals surface area contributed by atoms with Crippen molar-refractivity contribution in [2.45, 2.75) is 37.3 Å². The molecule has 3 nitrogen and oxygen atoms in total. The molecule has 0 N–H and O–H groups in total. The first kappa shape index (κ1) is 19.4. The van der Waals surface area contributed by atoms with Crippen molar-refractivity contribution < 1.29 is 13.9 Å². The van der Waals surface area contributed by atoms with Crippen LogP contribution in [0.2, 0.25) is 0 Å². The van der Waals surface area contributed by atoms with Crippen molar-refractivity contribution in [1.29, 1.82) is 0 Å². The molecule has 154 valence electrons. The molecule has 2 heterocycles. The minimum absolute atomic E-state index is 0.0719. The van der Waals surface area contributed by atoms with Crippen LogP contribution < -0.4 is 0 Å². The smallest absolute Gasteiger partial charge is 0.146 e. The number of rotatable bonds is 4. The number of halogens is 1. The molecule has 1 unspecified atom stereocenters. The maximum absolute atomic E-state index is 13.5. The van der Waals surface area contributed by atoms with E-state index in [2.05, 4.69) is 53.4 Å². The minimum atomic E-state index is -0.458. The maximum atomic E-state index is 13.5. The van der Waals surface area contributed by atoms with Gasteiger partial charge in [0, 0.05) is 6.54 Å². The van der Waals surface area contributed by atoms with Crippen LogP contribution in [0.5, 0.6) is 0 Å². The first-order chi connectivity index (χ1) is 14.7. The van der Waals surface area contributed by atoms with Gasteiger partial charge in [0.05, 0.1) is 25.4 Å². The molecule has 2 saturated heterocycles. The quantitative estimate of drug-likeness (QED) is 0.562. The fourth-order valence-corrected chi connectivity index (χ4v) is 4.70. The number of hydrogen-bond acceptors (Lipinski definition) is 3. The van der Waals surface area contributed by atoms with Crippen molar-refractivity contribution in [3.8, 4) is 0 Å². The normalized spacial score (nSPS) is 26.8. The third kappa shape index (κ3) is 3.79. The molecule has 3 aromatic carbocycles. The summed E-state index contributed by atoms with van der Waals surface area (Å²) in [6.07, 6.45) is 1.91. The zero-order valence-electron chi connectivity index (χ0n) is 16.9. The van der Waals surface area contributed by atoms with Gasteiger partial charge in [-0.3, -0.25) is 4.90 Å². The molecule has 30 heavy (non-hydrogen) atoms. The molecule has 3 aromatic rings. The Hall–Kier alpha value is -2.53. The van der Waals surface area contributed by atoms with Gasteiger partial charge in [-0.15, -0.1) is 0 Å². The largest absolute Gasteiger partial charge is 0.369 e. The van der Waals surface area contributed by atoms with E-state index in [0.717, 1.165) is 24.9 Å². The second kappa shape index (κ2) is 8.31. The Balaban J connectivity index is 1.41. The summed E-state index contributed by atoms with van der Waals surface area (Å²) in [4.78, 5) is 2.41. The Morgan fingerprint density at radius 3 is 2.23 bits per heavy atom. The van der Waals surface area contributed by atoms with E-state index >= 15 is 0 Å². The lowest BCUT2D eigenvalue weighted by Gasteiger charge is -2.43. The van der Waals surface area contributed by atoms with E-state index in [1.165, 1.54) is 23.3 Å². The fraction of sp³-hybridized carbons (Fsp3) is 0.308. The van der Waals surface area contributed by atoms with Crippen LogP contribution >= 0.6 is 0 Å². The maximum Gasteiger partial charge on any atom is 0.146 e. The molecule has 1 spiro atoms. The SMILES string of the molecule is Fc1ccc([C@H]2COC3(CC[C@H](c4ccccc4)OC3)N2Cc2ccccc2)cc1. The van der Waals surface area contributed by atoms with Gasteiger partial charge in [-0.25, -0.2) is 4.39 Å². The van der Waals surface area contributed by atoms with Gasteiger partial charge < -0.3 is 9.47 Å². The summed E-state index contributed by atoms with van der Waals surface area (Å²) < 4.78 is 26.3. The lowest BCUT2D eigenvalue weighted by atomic mass is 9.94. The van der Waals surface area contributed by atoms with Crippen molar-refractivity contribution in [2.75, 3.05) is 13.2 Å². The molecule has 0 aromatic heterocycles. The van der Waals surface area contributed by atoms with E-state index in [1.54, 1.807) is 0 Å². The monoisotopic (exact) mass is 403 g/mol. The molecular formula is C26H26FNO2. The van der Waals surface area contributed by atoms with Gasteiger partial charge in [0.15, 0.2) is 0 Å². The summed E-state index contributed by atoms with van der Waals surface area (Å²) in [6, 6.07) is 27.7. The summed E-state index contributed by atoms with van der Waals surface area (Å²) in [6.45, 7) is 1.87. The van der Waals surface area contributed by atoms with E-state index in [1.807, 2.05) is 24.3 Å². The topological polar surface area (TPSA) is 21.7 Å². The Morgan fingerprint density at radius 2 is 1.57 bits per heavy atom. The third-order valence-corrected chi connectivity index (χ3v) is 6.34. The molecule has 2 aliphatic rings. The van der Waals surface area contributed by atoms with Crippen molar-refractivity contribution in [3.05, 3.63) is 107 Å². The lowest BCUT2D eigenvalue weighted by Crippen LogP contribution is -2.51. The average Bonchev–Trinajstić information content (AvgIpc) is 3.13. The molecule has 0 saturated carbocycles. The van der Waals surface area contributed by atoms with Gasteiger partial charge in [-0.2, -0.15) is 0 Å². The van der Waals surface area contributed by atoms with Crippen LogP contribution in [0.4, 0.5) is 4.39 Å². The first-order valence-electron chi connectivity index (χ1n) is 10.6. The van der Waals surface area contributed by atoms with Crippen molar-refractivity contribution in [3.63, 3.8) is 0 Å². The minimum Gasteiger partial charge on any atom is -0.369 e. The number of hydrogen-bond donors (Lipinski definition) is 0. The second-order valence-corrected chi connectivity index (χ2v) is 8.19. The van der Waals surface area contributed by atoms with E-state index in [0.29, 0.717) is 13.2 Å². The van der Waals surface area contributed by atoms with Gasteiger partial charge >= 0.3 is 0 Å². The summed E-state index contributed by atoms with van der Waals surface area (Å²) >= 11 is 0. The van der Waals surface area contributed by atoms with Gasteiger partial charge in [-0.05, 0) is 41.7 Å². The van der Waals surface area contributed by atoms with Gasteiger partial charge in [0.1, 0.15) is 11.5 Å². The first-order valence-corrected chi connectivity index (χ1v) is 10.6. The molecule has 4 heteroatoms. The molecule has 0 amide bonds. The Labute approximate surface area is 177 Å². The summed E-state index contributed by atoms with van der Waals surface area (Å²) in [5, 5.41) is 0. The van der Waals surface area contributed by atoms with Crippen LogP contribution in [0.1, 0.15) is 41.7 Å². The predicted molar refractivity (Wildman–Crippen MR) is 114 cm³/mol. The molecule has 2 aliphatic heterocycles. The molecule has 3 atom stereocenters. The molecule has 5 rings (SSSR count). The van der Waals surface area contributed by atoms with Gasteiger partial charge in [-0.1, -0.05) is 72.8 Å². The molecule has 0 bridgehead atoms. The highest BCUT2D eigenvalue weighted by Gasteiger charge is 2.50. The van der Waals surface area contributed by atoms with Gasteiger partial charge in [0.2, 0.25) is 0 Å². The Bertz CT molecular complexity index is 953. The van der Waals surface area contributed by atoms with Gasteiger partial charge in [0.25, 0.3) is 0 Å². The summed E-state index contributed by atoms with van der Waals surface area (Å²) in [7, 11) is 0. The molecule has 0 aliphatic carbocycles. The third-order valence-electron chi connectivity index (χ3n) is 6.34.